The summed E-state index contributed by atoms with van der Waals surface area (Å²) in [5, 5.41) is 14.1. The van der Waals surface area contributed by atoms with Gasteiger partial charge in [-0.1, -0.05) is 34.1 Å². The molecule has 1 rings (SSSR count). The second kappa shape index (κ2) is 7.46. The first-order valence-electron chi connectivity index (χ1n) is 7.70. The summed E-state index contributed by atoms with van der Waals surface area (Å²) in [4.78, 5) is 2.51. The van der Waals surface area contributed by atoms with Crippen LogP contribution in [0.25, 0.3) is 0 Å². The Morgan fingerprint density at radius 2 is 1.94 bits per heavy atom. The van der Waals surface area contributed by atoms with Gasteiger partial charge in [0.05, 0.1) is 5.60 Å². The zero-order valence-electron chi connectivity index (χ0n) is 12.7. The highest BCUT2D eigenvalue weighted by Gasteiger charge is 2.30. The molecule has 1 atom stereocenters. The second-order valence-electron chi connectivity index (χ2n) is 6.11. The van der Waals surface area contributed by atoms with Crippen LogP contribution in [0, 0.1) is 0 Å². The highest BCUT2D eigenvalue weighted by Crippen LogP contribution is 2.23. The van der Waals surface area contributed by atoms with Gasteiger partial charge in [-0.2, -0.15) is 0 Å². The van der Waals surface area contributed by atoms with Crippen molar-refractivity contribution in [3.63, 3.8) is 0 Å². The number of likely N-dealkylation sites (tertiary alicyclic amines) is 1. The van der Waals surface area contributed by atoms with Crippen LogP contribution in [-0.4, -0.2) is 47.3 Å². The predicted molar refractivity (Wildman–Crippen MR) is 77.9 cm³/mol. The van der Waals surface area contributed by atoms with E-state index in [9.17, 15) is 5.11 Å². The maximum absolute atomic E-state index is 10.5. The van der Waals surface area contributed by atoms with Crippen LogP contribution in [0.3, 0.4) is 0 Å². The van der Waals surface area contributed by atoms with Crippen LogP contribution in [0.15, 0.2) is 0 Å². The van der Waals surface area contributed by atoms with E-state index in [4.69, 9.17) is 0 Å². The molecule has 0 aliphatic carbocycles. The van der Waals surface area contributed by atoms with Crippen LogP contribution in [0.2, 0.25) is 0 Å². The molecule has 0 saturated carbocycles. The van der Waals surface area contributed by atoms with Gasteiger partial charge >= 0.3 is 0 Å². The van der Waals surface area contributed by atoms with E-state index in [-0.39, 0.29) is 0 Å². The standard InChI is InChI=1S/C15H32N2O/c1-5-15(18,6-2)12-17-10-8-7-9-14(17)11-16-13(3)4/h13-14,16,18H,5-12H2,1-4H3. The summed E-state index contributed by atoms with van der Waals surface area (Å²) in [7, 11) is 0. The molecule has 3 heteroatoms. The van der Waals surface area contributed by atoms with E-state index >= 15 is 0 Å². The molecule has 0 radical (unpaired) electrons. The van der Waals surface area contributed by atoms with E-state index in [1.807, 2.05) is 0 Å². The lowest BCUT2D eigenvalue weighted by molar-refractivity contribution is -0.0227. The fourth-order valence-corrected chi connectivity index (χ4v) is 2.72. The van der Waals surface area contributed by atoms with E-state index in [0.29, 0.717) is 12.1 Å². The SMILES string of the molecule is CCC(O)(CC)CN1CCCCC1CNC(C)C. The van der Waals surface area contributed by atoms with E-state index < -0.39 is 5.60 Å². The van der Waals surface area contributed by atoms with Crippen LogP contribution in [0.5, 0.6) is 0 Å². The minimum Gasteiger partial charge on any atom is -0.389 e. The molecule has 1 saturated heterocycles. The lowest BCUT2D eigenvalue weighted by Crippen LogP contribution is -2.52. The van der Waals surface area contributed by atoms with Crippen LogP contribution in [0.1, 0.15) is 59.8 Å². The molecule has 1 unspecified atom stereocenters. The van der Waals surface area contributed by atoms with Crippen molar-refractivity contribution in [1.82, 2.24) is 10.2 Å². The van der Waals surface area contributed by atoms with Gasteiger partial charge in [-0.3, -0.25) is 4.90 Å². The molecule has 1 heterocycles. The number of nitrogens with zero attached hydrogens (tertiary/aromatic N) is 1. The van der Waals surface area contributed by atoms with Gasteiger partial charge in [0.15, 0.2) is 0 Å². The molecule has 2 N–H and O–H groups in total. The number of rotatable bonds is 7. The summed E-state index contributed by atoms with van der Waals surface area (Å²) in [6.45, 7) is 11.6. The third kappa shape index (κ3) is 4.87. The number of hydrogen-bond donors (Lipinski definition) is 2. The van der Waals surface area contributed by atoms with Crippen molar-refractivity contribution >= 4 is 0 Å². The van der Waals surface area contributed by atoms with E-state index in [1.54, 1.807) is 0 Å². The normalized spacial score (nSPS) is 22.7. The molecule has 0 aromatic heterocycles. The van der Waals surface area contributed by atoms with Crippen molar-refractivity contribution in [3.8, 4) is 0 Å². The number of hydrogen-bond acceptors (Lipinski definition) is 3. The van der Waals surface area contributed by atoms with Crippen molar-refractivity contribution in [3.05, 3.63) is 0 Å². The van der Waals surface area contributed by atoms with Crippen LogP contribution < -0.4 is 5.32 Å². The van der Waals surface area contributed by atoms with Crippen LogP contribution >= 0.6 is 0 Å². The molecule has 0 aromatic carbocycles. The molecule has 0 amide bonds. The first-order valence-corrected chi connectivity index (χ1v) is 7.70. The maximum Gasteiger partial charge on any atom is 0.0769 e. The van der Waals surface area contributed by atoms with Gasteiger partial charge in [0.2, 0.25) is 0 Å². The first kappa shape index (κ1) is 15.9. The Morgan fingerprint density at radius 1 is 1.28 bits per heavy atom. The van der Waals surface area contributed by atoms with Crippen molar-refractivity contribution < 1.29 is 5.11 Å². The number of aliphatic hydroxyl groups is 1. The molecule has 0 aromatic rings. The first-order chi connectivity index (χ1) is 8.50. The zero-order chi connectivity index (χ0) is 13.6. The molecule has 0 bridgehead atoms. The molecule has 18 heavy (non-hydrogen) atoms. The number of nitrogens with one attached hydrogen (secondary N) is 1. The second-order valence-corrected chi connectivity index (χ2v) is 6.11. The topological polar surface area (TPSA) is 35.5 Å². The summed E-state index contributed by atoms with van der Waals surface area (Å²) in [5.74, 6) is 0. The Hall–Kier alpha value is -0.120. The smallest absolute Gasteiger partial charge is 0.0769 e. The summed E-state index contributed by atoms with van der Waals surface area (Å²) >= 11 is 0. The van der Waals surface area contributed by atoms with Gasteiger partial charge in [-0.05, 0) is 32.2 Å². The molecular weight excluding hydrogens is 224 g/mol. The van der Waals surface area contributed by atoms with Gasteiger partial charge in [0.25, 0.3) is 0 Å². The Kier molecular flexibility index (Phi) is 6.61. The lowest BCUT2D eigenvalue weighted by Gasteiger charge is -2.41. The van der Waals surface area contributed by atoms with E-state index in [1.165, 1.54) is 19.3 Å². The summed E-state index contributed by atoms with van der Waals surface area (Å²) in [6, 6.07) is 1.15. The highest BCUT2D eigenvalue weighted by molar-refractivity contribution is 4.86. The third-order valence-corrected chi connectivity index (χ3v) is 4.32. The molecule has 108 valence electrons. The average Bonchev–Trinajstić information content (AvgIpc) is 2.37. The Balaban J connectivity index is 2.53. The minimum atomic E-state index is -0.493. The summed E-state index contributed by atoms with van der Waals surface area (Å²) < 4.78 is 0. The fourth-order valence-electron chi connectivity index (χ4n) is 2.72. The Morgan fingerprint density at radius 3 is 2.50 bits per heavy atom. The number of β-amino-alcohol motifs (C(OH)–C–C–N with tert-alkyl or cyclic N) is 1. The quantitative estimate of drug-likeness (QED) is 0.734. The van der Waals surface area contributed by atoms with Gasteiger partial charge < -0.3 is 10.4 Å². The highest BCUT2D eigenvalue weighted by atomic mass is 16.3. The number of piperidine rings is 1. The molecule has 1 fully saturated rings. The zero-order valence-corrected chi connectivity index (χ0v) is 12.7. The average molecular weight is 256 g/mol. The molecular formula is C15H32N2O. The largest absolute Gasteiger partial charge is 0.389 e. The van der Waals surface area contributed by atoms with Crippen molar-refractivity contribution in [2.75, 3.05) is 19.6 Å². The van der Waals surface area contributed by atoms with E-state index in [2.05, 4.69) is 37.9 Å². The summed E-state index contributed by atoms with van der Waals surface area (Å²) in [5.41, 5.74) is -0.493. The van der Waals surface area contributed by atoms with Gasteiger partial charge in [0.1, 0.15) is 0 Å². The fraction of sp³-hybridized carbons (Fsp3) is 1.00. The maximum atomic E-state index is 10.5. The monoisotopic (exact) mass is 256 g/mol. The Bertz CT molecular complexity index is 227. The van der Waals surface area contributed by atoms with Gasteiger partial charge in [-0.25, -0.2) is 0 Å². The van der Waals surface area contributed by atoms with Crippen LogP contribution in [-0.2, 0) is 0 Å². The Labute approximate surface area is 113 Å². The van der Waals surface area contributed by atoms with Gasteiger partial charge in [0, 0.05) is 25.2 Å². The van der Waals surface area contributed by atoms with E-state index in [0.717, 1.165) is 32.5 Å². The van der Waals surface area contributed by atoms with Crippen LogP contribution in [0.4, 0.5) is 0 Å². The lowest BCUT2D eigenvalue weighted by atomic mass is 9.93. The molecule has 1 aliphatic rings. The van der Waals surface area contributed by atoms with Gasteiger partial charge in [-0.15, -0.1) is 0 Å². The molecule has 0 spiro atoms. The molecule has 3 nitrogen and oxygen atoms in total. The minimum absolute atomic E-state index is 0.493. The molecule has 1 aliphatic heterocycles. The third-order valence-electron chi connectivity index (χ3n) is 4.32. The predicted octanol–water partition coefficient (Wildman–Crippen LogP) is 2.39. The van der Waals surface area contributed by atoms with Crippen molar-refractivity contribution in [2.24, 2.45) is 0 Å². The van der Waals surface area contributed by atoms with Crippen molar-refractivity contribution in [1.29, 1.82) is 0 Å². The van der Waals surface area contributed by atoms with Crippen molar-refractivity contribution in [2.45, 2.75) is 77.5 Å². The summed E-state index contributed by atoms with van der Waals surface area (Å²) in [6.07, 6.45) is 5.58.